The van der Waals surface area contributed by atoms with Crippen molar-refractivity contribution in [2.45, 2.75) is 37.6 Å². The van der Waals surface area contributed by atoms with E-state index in [1.54, 1.807) is 4.68 Å². The van der Waals surface area contributed by atoms with E-state index in [4.69, 9.17) is 0 Å². The third-order valence-corrected chi connectivity index (χ3v) is 5.49. The average molecular weight is 350 g/mol. The van der Waals surface area contributed by atoms with Gasteiger partial charge in [-0.15, -0.1) is 0 Å². The lowest BCUT2D eigenvalue weighted by Gasteiger charge is -2.36. The molecule has 21 heavy (non-hydrogen) atoms. The molecule has 1 aromatic carbocycles. The Kier molecular flexibility index (Phi) is 4.02. The second kappa shape index (κ2) is 5.79. The van der Waals surface area contributed by atoms with E-state index in [2.05, 4.69) is 26.3 Å². The van der Waals surface area contributed by atoms with Crippen molar-refractivity contribution in [3.63, 3.8) is 0 Å². The number of amides is 1. The summed E-state index contributed by atoms with van der Waals surface area (Å²) >= 11 is 3.58. The molecule has 1 N–H and O–H groups in total. The Morgan fingerprint density at radius 3 is 2.76 bits per heavy atom. The van der Waals surface area contributed by atoms with Crippen molar-refractivity contribution in [1.82, 2.24) is 15.1 Å². The quantitative estimate of drug-likeness (QED) is 0.863. The second-order valence-corrected chi connectivity index (χ2v) is 6.48. The number of rotatable bonds is 3. The molecule has 4 nitrogen and oxygen atoms in total. The summed E-state index contributed by atoms with van der Waals surface area (Å²) in [6.07, 6.45) is 5.68. The summed E-state index contributed by atoms with van der Waals surface area (Å²) in [7, 11) is 1.87. The number of benzene rings is 1. The molecule has 1 heterocycles. The minimum absolute atomic E-state index is 0.0619. The van der Waals surface area contributed by atoms with Crippen LogP contribution in [-0.4, -0.2) is 26.6 Å². The Balaban J connectivity index is 1.90. The number of halogens is 1. The molecule has 0 aliphatic heterocycles. The van der Waals surface area contributed by atoms with Crippen molar-refractivity contribution in [2.24, 2.45) is 7.05 Å². The minimum Gasteiger partial charge on any atom is -0.344 e. The number of fused-ring (bicyclic) bond motifs is 1. The molecule has 0 atom stereocenters. The lowest BCUT2D eigenvalue weighted by Crippen LogP contribution is -2.51. The molecule has 5 heteroatoms. The van der Waals surface area contributed by atoms with Gasteiger partial charge < -0.3 is 5.32 Å². The molecule has 0 saturated heterocycles. The first kappa shape index (κ1) is 14.6. The first-order valence-corrected chi connectivity index (χ1v) is 8.58. The highest BCUT2D eigenvalue weighted by Gasteiger charge is 2.33. The van der Waals surface area contributed by atoms with E-state index in [0.29, 0.717) is 5.69 Å². The monoisotopic (exact) mass is 349 g/mol. The summed E-state index contributed by atoms with van der Waals surface area (Å²) in [5.74, 6) is -0.0619. The van der Waals surface area contributed by atoms with Gasteiger partial charge in [0.2, 0.25) is 0 Å². The molecule has 0 radical (unpaired) electrons. The summed E-state index contributed by atoms with van der Waals surface area (Å²) in [5, 5.41) is 9.37. The zero-order chi connectivity index (χ0) is 14.9. The van der Waals surface area contributed by atoms with Crippen molar-refractivity contribution in [2.75, 3.05) is 5.33 Å². The Morgan fingerprint density at radius 1 is 1.33 bits per heavy atom. The van der Waals surface area contributed by atoms with Crippen molar-refractivity contribution in [3.05, 3.63) is 30.0 Å². The predicted molar refractivity (Wildman–Crippen MR) is 87.8 cm³/mol. The fraction of sp³-hybridized carbons (Fsp3) is 0.500. The van der Waals surface area contributed by atoms with Gasteiger partial charge in [-0.25, -0.2) is 0 Å². The number of alkyl halides is 1. The van der Waals surface area contributed by atoms with E-state index in [9.17, 15) is 4.79 Å². The van der Waals surface area contributed by atoms with Gasteiger partial charge >= 0.3 is 0 Å². The number of para-hydroxylation sites is 1. The molecule has 1 saturated carbocycles. The van der Waals surface area contributed by atoms with Gasteiger partial charge in [0.15, 0.2) is 5.69 Å². The first-order valence-electron chi connectivity index (χ1n) is 7.45. The molecule has 0 spiro atoms. The van der Waals surface area contributed by atoms with Crippen molar-refractivity contribution >= 4 is 32.7 Å². The maximum Gasteiger partial charge on any atom is 0.272 e. The summed E-state index contributed by atoms with van der Waals surface area (Å²) in [6, 6.07) is 7.85. The van der Waals surface area contributed by atoms with Crippen molar-refractivity contribution in [3.8, 4) is 0 Å². The SMILES string of the molecule is Cn1nc(C(=O)NC2(CBr)CCCCC2)c2ccccc21. The van der Waals surface area contributed by atoms with E-state index in [0.717, 1.165) is 29.1 Å². The van der Waals surface area contributed by atoms with E-state index in [1.807, 2.05) is 31.3 Å². The number of aromatic nitrogens is 2. The Morgan fingerprint density at radius 2 is 2.05 bits per heavy atom. The van der Waals surface area contributed by atoms with Crippen LogP contribution in [0.5, 0.6) is 0 Å². The minimum atomic E-state index is -0.117. The molecule has 0 unspecified atom stereocenters. The summed E-state index contributed by atoms with van der Waals surface area (Å²) in [4.78, 5) is 12.7. The highest BCUT2D eigenvalue weighted by atomic mass is 79.9. The standard InChI is InChI=1S/C16H20BrN3O/c1-20-13-8-4-3-7-12(13)14(19-20)15(21)18-16(11-17)9-5-2-6-10-16/h3-4,7-8H,2,5-6,9-11H2,1H3,(H,18,21). The van der Waals surface area contributed by atoms with Crippen LogP contribution >= 0.6 is 15.9 Å². The lowest BCUT2D eigenvalue weighted by molar-refractivity contribution is 0.0882. The number of carbonyl (C=O) groups is 1. The van der Waals surface area contributed by atoms with Gasteiger partial charge in [-0.3, -0.25) is 9.48 Å². The van der Waals surface area contributed by atoms with Crippen LogP contribution in [0.25, 0.3) is 10.9 Å². The van der Waals surface area contributed by atoms with Crippen LogP contribution in [0, 0.1) is 0 Å². The topological polar surface area (TPSA) is 46.9 Å². The predicted octanol–water partition coefficient (Wildman–Crippen LogP) is 3.40. The highest BCUT2D eigenvalue weighted by Crippen LogP contribution is 2.30. The molecule has 1 amide bonds. The molecular weight excluding hydrogens is 330 g/mol. The Labute approximate surface area is 133 Å². The fourth-order valence-corrected chi connectivity index (χ4v) is 3.90. The van der Waals surface area contributed by atoms with Gasteiger partial charge in [-0.05, 0) is 18.9 Å². The third kappa shape index (κ3) is 2.71. The second-order valence-electron chi connectivity index (χ2n) is 5.92. The zero-order valence-electron chi connectivity index (χ0n) is 12.2. The maximum absolute atomic E-state index is 12.7. The van der Waals surface area contributed by atoms with E-state index in [1.165, 1.54) is 19.3 Å². The van der Waals surface area contributed by atoms with Gasteiger partial charge in [-0.2, -0.15) is 5.10 Å². The smallest absolute Gasteiger partial charge is 0.272 e. The fourth-order valence-electron chi connectivity index (χ4n) is 3.20. The van der Waals surface area contributed by atoms with Gasteiger partial charge in [0.25, 0.3) is 5.91 Å². The summed E-state index contributed by atoms with van der Waals surface area (Å²) in [5.41, 5.74) is 1.40. The average Bonchev–Trinajstić information content (AvgIpc) is 2.86. The normalized spacial score (nSPS) is 17.8. The van der Waals surface area contributed by atoms with Crippen LogP contribution in [0.15, 0.2) is 24.3 Å². The van der Waals surface area contributed by atoms with Gasteiger partial charge in [0.05, 0.1) is 11.1 Å². The molecule has 1 fully saturated rings. The molecule has 3 rings (SSSR count). The molecule has 1 aliphatic rings. The zero-order valence-corrected chi connectivity index (χ0v) is 13.8. The Hall–Kier alpha value is -1.36. The Bertz CT molecular complexity index is 659. The summed E-state index contributed by atoms with van der Waals surface area (Å²) in [6.45, 7) is 0. The molecule has 0 bridgehead atoms. The number of aryl methyl sites for hydroxylation is 1. The van der Waals surface area contributed by atoms with E-state index in [-0.39, 0.29) is 11.4 Å². The molecular formula is C16H20BrN3O. The van der Waals surface area contributed by atoms with Crippen molar-refractivity contribution in [1.29, 1.82) is 0 Å². The van der Waals surface area contributed by atoms with Crippen LogP contribution < -0.4 is 5.32 Å². The number of carbonyl (C=O) groups excluding carboxylic acids is 1. The summed E-state index contributed by atoms with van der Waals surface area (Å²) < 4.78 is 1.77. The van der Waals surface area contributed by atoms with Crippen LogP contribution in [-0.2, 0) is 7.05 Å². The van der Waals surface area contributed by atoms with Crippen LogP contribution in [0.3, 0.4) is 0 Å². The number of hydrogen-bond acceptors (Lipinski definition) is 2. The molecule has 1 aromatic heterocycles. The van der Waals surface area contributed by atoms with E-state index >= 15 is 0 Å². The third-order valence-electron chi connectivity index (χ3n) is 4.42. The number of hydrogen-bond donors (Lipinski definition) is 1. The molecule has 1 aliphatic carbocycles. The molecule has 2 aromatic rings. The van der Waals surface area contributed by atoms with Crippen LogP contribution in [0.2, 0.25) is 0 Å². The number of nitrogens with one attached hydrogen (secondary N) is 1. The van der Waals surface area contributed by atoms with Gasteiger partial charge in [0.1, 0.15) is 0 Å². The largest absolute Gasteiger partial charge is 0.344 e. The lowest BCUT2D eigenvalue weighted by atomic mass is 9.83. The maximum atomic E-state index is 12.7. The van der Waals surface area contributed by atoms with E-state index < -0.39 is 0 Å². The first-order chi connectivity index (χ1) is 10.2. The van der Waals surface area contributed by atoms with Crippen LogP contribution in [0.4, 0.5) is 0 Å². The number of nitrogens with zero attached hydrogens (tertiary/aromatic N) is 2. The molecule has 112 valence electrons. The van der Waals surface area contributed by atoms with Gasteiger partial charge in [-0.1, -0.05) is 53.4 Å². The van der Waals surface area contributed by atoms with Gasteiger partial charge in [0, 0.05) is 17.8 Å². The van der Waals surface area contributed by atoms with Crippen LogP contribution in [0.1, 0.15) is 42.6 Å². The van der Waals surface area contributed by atoms with Crippen molar-refractivity contribution < 1.29 is 4.79 Å². The highest BCUT2D eigenvalue weighted by molar-refractivity contribution is 9.09.